The molecule has 2 heterocycles. The average Bonchev–Trinajstić information content (AvgIpc) is 3.23. The SMILES string of the molecule is Oc1c(Cc2ccc(F)c(F)c2)c(C2CC2)nc2ccnn12. The lowest BCUT2D eigenvalue weighted by Gasteiger charge is -2.12. The van der Waals surface area contributed by atoms with Crippen LogP contribution in [0.5, 0.6) is 5.88 Å². The van der Waals surface area contributed by atoms with E-state index in [9.17, 15) is 13.9 Å². The molecule has 0 unspecified atom stereocenters. The lowest BCUT2D eigenvalue weighted by atomic mass is 10.0. The van der Waals surface area contributed by atoms with E-state index in [0.29, 0.717) is 22.7 Å². The highest BCUT2D eigenvalue weighted by Gasteiger charge is 2.30. The number of nitrogens with zero attached hydrogens (tertiary/aromatic N) is 3. The van der Waals surface area contributed by atoms with E-state index < -0.39 is 11.6 Å². The van der Waals surface area contributed by atoms with E-state index in [4.69, 9.17) is 0 Å². The maximum absolute atomic E-state index is 13.4. The molecule has 0 atom stereocenters. The highest BCUT2D eigenvalue weighted by molar-refractivity contribution is 5.48. The van der Waals surface area contributed by atoms with Crippen LogP contribution in [-0.4, -0.2) is 19.7 Å². The summed E-state index contributed by atoms with van der Waals surface area (Å²) < 4.78 is 27.8. The van der Waals surface area contributed by atoms with Crippen LogP contribution in [0.25, 0.3) is 5.65 Å². The summed E-state index contributed by atoms with van der Waals surface area (Å²) in [5.41, 5.74) is 2.64. The highest BCUT2D eigenvalue weighted by atomic mass is 19.2. The summed E-state index contributed by atoms with van der Waals surface area (Å²) in [4.78, 5) is 4.57. The second-order valence-corrected chi connectivity index (χ2v) is 5.60. The van der Waals surface area contributed by atoms with Gasteiger partial charge in [0.1, 0.15) is 0 Å². The molecule has 0 spiro atoms. The molecule has 4 nitrogen and oxygen atoms in total. The molecule has 1 saturated carbocycles. The zero-order valence-electron chi connectivity index (χ0n) is 11.6. The molecule has 1 aromatic carbocycles. The van der Waals surface area contributed by atoms with Crippen molar-refractivity contribution in [3.05, 3.63) is 58.9 Å². The molecule has 0 amide bonds. The average molecular weight is 301 g/mol. The molecule has 22 heavy (non-hydrogen) atoms. The maximum Gasteiger partial charge on any atom is 0.219 e. The largest absolute Gasteiger partial charge is 0.493 e. The molecule has 0 radical (unpaired) electrons. The van der Waals surface area contributed by atoms with Gasteiger partial charge in [0.05, 0.1) is 11.9 Å². The van der Waals surface area contributed by atoms with Gasteiger partial charge in [-0.1, -0.05) is 6.07 Å². The highest BCUT2D eigenvalue weighted by Crippen LogP contribution is 2.43. The van der Waals surface area contributed by atoms with Gasteiger partial charge in [-0.05, 0) is 30.5 Å². The van der Waals surface area contributed by atoms with E-state index in [1.54, 1.807) is 12.3 Å². The molecule has 4 rings (SSSR count). The Morgan fingerprint density at radius 3 is 2.73 bits per heavy atom. The van der Waals surface area contributed by atoms with Crippen LogP contribution in [0.2, 0.25) is 0 Å². The summed E-state index contributed by atoms with van der Waals surface area (Å²) in [6, 6.07) is 5.49. The first kappa shape index (κ1) is 13.2. The van der Waals surface area contributed by atoms with E-state index in [-0.39, 0.29) is 12.3 Å². The Morgan fingerprint density at radius 2 is 2.00 bits per heavy atom. The Labute approximate surface area is 125 Å². The summed E-state index contributed by atoms with van der Waals surface area (Å²) in [7, 11) is 0. The zero-order chi connectivity index (χ0) is 15.3. The lowest BCUT2D eigenvalue weighted by molar-refractivity contribution is 0.427. The first-order valence-corrected chi connectivity index (χ1v) is 7.13. The van der Waals surface area contributed by atoms with E-state index in [1.165, 1.54) is 10.6 Å². The molecule has 3 aromatic rings. The summed E-state index contributed by atoms with van der Waals surface area (Å²) >= 11 is 0. The third kappa shape index (κ3) is 2.11. The molecular weight excluding hydrogens is 288 g/mol. The van der Waals surface area contributed by atoms with Crippen molar-refractivity contribution < 1.29 is 13.9 Å². The van der Waals surface area contributed by atoms with Crippen molar-refractivity contribution in [1.82, 2.24) is 14.6 Å². The van der Waals surface area contributed by atoms with Crippen LogP contribution in [0.1, 0.15) is 35.6 Å². The molecule has 0 aliphatic heterocycles. The molecule has 2 aromatic heterocycles. The van der Waals surface area contributed by atoms with Gasteiger partial charge in [-0.3, -0.25) is 0 Å². The monoisotopic (exact) mass is 301 g/mol. The number of aromatic hydroxyl groups is 1. The molecule has 1 aliphatic rings. The first-order valence-electron chi connectivity index (χ1n) is 7.13. The Hall–Kier alpha value is -2.50. The third-order valence-corrected chi connectivity index (χ3v) is 3.97. The fourth-order valence-corrected chi connectivity index (χ4v) is 2.70. The molecular formula is C16H13F2N3O. The van der Waals surface area contributed by atoms with Gasteiger partial charge >= 0.3 is 0 Å². The van der Waals surface area contributed by atoms with Gasteiger partial charge in [0.15, 0.2) is 17.3 Å². The topological polar surface area (TPSA) is 50.4 Å². The van der Waals surface area contributed by atoms with Crippen LogP contribution in [0.15, 0.2) is 30.5 Å². The minimum Gasteiger partial charge on any atom is -0.493 e. The molecule has 1 N–H and O–H groups in total. The summed E-state index contributed by atoms with van der Waals surface area (Å²) in [5, 5.41) is 14.5. The smallest absolute Gasteiger partial charge is 0.219 e. The van der Waals surface area contributed by atoms with Gasteiger partial charge in [-0.2, -0.15) is 9.61 Å². The van der Waals surface area contributed by atoms with E-state index in [2.05, 4.69) is 10.1 Å². The maximum atomic E-state index is 13.4. The van der Waals surface area contributed by atoms with Crippen LogP contribution >= 0.6 is 0 Å². The Morgan fingerprint density at radius 1 is 1.18 bits per heavy atom. The quantitative estimate of drug-likeness (QED) is 0.808. The normalized spacial score (nSPS) is 14.6. The van der Waals surface area contributed by atoms with Crippen LogP contribution in [0.4, 0.5) is 8.78 Å². The zero-order valence-corrected chi connectivity index (χ0v) is 11.6. The van der Waals surface area contributed by atoms with Crippen LogP contribution in [0.3, 0.4) is 0 Å². The van der Waals surface area contributed by atoms with Crippen molar-refractivity contribution in [3.63, 3.8) is 0 Å². The molecule has 112 valence electrons. The molecule has 6 heteroatoms. The van der Waals surface area contributed by atoms with Crippen molar-refractivity contribution in [2.45, 2.75) is 25.2 Å². The van der Waals surface area contributed by atoms with Crippen molar-refractivity contribution in [3.8, 4) is 5.88 Å². The fraction of sp³-hybridized carbons (Fsp3) is 0.250. The molecule has 0 saturated heterocycles. The van der Waals surface area contributed by atoms with Gasteiger partial charge in [0, 0.05) is 24.0 Å². The molecule has 1 aliphatic carbocycles. The van der Waals surface area contributed by atoms with Gasteiger partial charge in [0.25, 0.3) is 0 Å². The van der Waals surface area contributed by atoms with Crippen LogP contribution in [0, 0.1) is 11.6 Å². The number of halogens is 2. The second-order valence-electron chi connectivity index (χ2n) is 5.60. The van der Waals surface area contributed by atoms with Gasteiger partial charge < -0.3 is 5.11 Å². The van der Waals surface area contributed by atoms with Crippen LogP contribution < -0.4 is 0 Å². The van der Waals surface area contributed by atoms with Crippen molar-refractivity contribution in [2.24, 2.45) is 0 Å². The lowest BCUT2D eigenvalue weighted by Crippen LogP contribution is -2.04. The summed E-state index contributed by atoms with van der Waals surface area (Å²) in [5.74, 6) is -1.43. The van der Waals surface area contributed by atoms with Crippen molar-refractivity contribution in [2.75, 3.05) is 0 Å². The number of benzene rings is 1. The number of aromatic nitrogens is 3. The minimum atomic E-state index is -0.891. The Kier molecular flexibility index (Phi) is 2.85. The van der Waals surface area contributed by atoms with Crippen molar-refractivity contribution >= 4 is 5.65 Å². The number of rotatable bonds is 3. The second kappa shape index (κ2) is 4.76. The molecule has 0 bridgehead atoms. The Bertz CT molecular complexity index is 871. The van der Waals surface area contributed by atoms with Crippen molar-refractivity contribution in [1.29, 1.82) is 0 Å². The standard InChI is InChI=1S/C16H13F2N3O/c17-12-4-1-9(8-13(12)18)7-11-15(10-2-3-10)20-14-5-6-19-21(14)16(11)22/h1,4-6,8,10,22H,2-3,7H2. The number of fused-ring (bicyclic) bond motifs is 1. The van der Waals surface area contributed by atoms with E-state index >= 15 is 0 Å². The van der Waals surface area contributed by atoms with Gasteiger partial charge in [0.2, 0.25) is 5.88 Å². The minimum absolute atomic E-state index is 0.0154. The first-order chi connectivity index (χ1) is 10.6. The number of hydrogen-bond acceptors (Lipinski definition) is 3. The number of hydrogen-bond donors (Lipinski definition) is 1. The van der Waals surface area contributed by atoms with Gasteiger partial charge in [-0.25, -0.2) is 13.8 Å². The third-order valence-electron chi connectivity index (χ3n) is 3.97. The summed E-state index contributed by atoms with van der Waals surface area (Å²) in [6.45, 7) is 0. The fourth-order valence-electron chi connectivity index (χ4n) is 2.70. The van der Waals surface area contributed by atoms with E-state index in [1.807, 2.05) is 0 Å². The van der Waals surface area contributed by atoms with Crippen LogP contribution in [-0.2, 0) is 6.42 Å². The predicted octanol–water partition coefficient (Wildman–Crippen LogP) is 3.18. The summed E-state index contributed by atoms with van der Waals surface area (Å²) in [6.07, 6.45) is 3.92. The van der Waals surface area contributed by atoms with E-state index in [0.717, 1.165) is 30.7 Å². The van der Waals surface area contributed by atoms with Gasteiger partial charge in [-0.15, -0.1) is 0 Å². The Balaban J connectivity index is 1.83. The predicted molar refractivity (Wildman–Crippen MR) is 75.8 cm³/mol. The molecule has 1 fully saturated rings.